The summed E-state index contributed by atoms with van der Waals surface area (Å²) in [7, 11) is 0. The van der Waals surface area contributed by atoms with Crippen molar-refractivity contribution in [2.75, 3.05) is 29.4 Å². The van der Waals surface area contributed by atoms with Gasteiger partial charge in [-0.25, -0.2) is 0 Å². The van der Waals surface area contributed by atoms with E-state index in [9.17, 15) is 14.4 Å². The molecule has 2 N–H and O–H groups in total. The van der Waals surface area contributed by atoms with Crippen LogP contribution >= 0.6 is 0 Å². The number of rotatable bonds is 7. The molecule has 2 aromatic rings. The molecule has 7 nitrogen and oxygen atoms in total. The van der Waals surface area contributed by atoms with Crippen LogP contribution in [0.15, 0.2) is 48.5 Å². The molecule has 2 aromatic carbocycles. The zero-order valence-electron chi connectivity index (χ0n) is 17.5. The molecule has 0 aliphatic carbocycles. The molecular weight excluding hydrogens is 380 g/mol. The lowest BCUT2D eigenvalue weighted by Crippen LogP contribution is -2.42. The van der Waals surface area contributed by atoms with Crippen LogP contribution in [0.3, 0.4) is 0 Å². The van der Waals surface area contributed by atoms with Crippen LogP contribution in [-0.4, -0.2) is 37.4 Å². The molecule has 1 saturated heterocycles. The van der Waals surface area contributed by atoms with Crippen LogP contribution in [0.2, 0.25) is 0 Å². The van der Waals surface area contributed by atoms with Crippen LogP contribution < -0.4 is 20.7 Å². The van der Waals surface area contributed by atoms with Crippen LogP contribution in [-0.2, 0) is 16.0 Å². The van der Waals surface area contributed by atoms with Gasteiger partial charge in [-0.15, -0.1) is 0 Å². The van der Waals surface area contributed by atoms with Crippen LogP contribution in [0.5, 0.6) is 0 Å². The number of amides is 3. The van der Waals surface area contributed by atoms with E-state index in [2.05, 4.69) is 29.6 Å². The Labute approximate surface area is 177 Å². The highest BCUT2D eigenvalue weighted by atomic mass is 16.2. The fourth-order valence-electron chi connectivity index (χ4n) is 3.56. The summed E-state index contributed by atoms with van der Waals surface area (Å²) in [4.78, 5) is 40.2. The Morgan fingerprint density at radius 2 is 1.63 bits per heavy atom. The molecule has 30 heavy (non-hydrogen) atoms. The fraction of sp³-hybridized carbons (Fsp3) is 0.348. The van der Waals surface area contributed by atoms with E-state index >= 15 is 0 Å². The molecule has 158 valence electrons. The molecule has 1 fully saturated rings. The zero-order valence-corrected chi connectivity index (χ0v) is 17.5. The first-order chi connectivity index (χ1) is 14.5. The van der Waals surface area contributed by atoms with Gasteiger partial charge in [-0.05, 0) is 62.2 Å². The fourth-order valence-corrected chi connectivity index (χ4v) is 3.56. The molecule has 0 bridgehead atoms. The zero-order chi connectivity index (χ0) is 21.5. The van der Waals surface area contributed by atoms with Gasteiger partial charge in [0.25, 0.3) is 5.91 Å². The van der Waals surface area contributed by atoms with E-state index < -0.39 is 0 Å². The molecule has 1 heterocycles. The van der Waals surface area contributed by atoms with E-state index in [-0.39, 0.29) is 24.1 Å². The van der Waals surface area contributed by atoms with Crippen molar-refractivity contribution in [2.45, 2.75) is 33.1 Å². The molecule has 7 heteroatoms. The Bertz CT molecular complexity index is 890. The number of carbonyl (C=O) groups is 3. The highest BCUT2D eigenvalue weighted by Crippen LogP contribution is 2.21. The number of nitrogens with zero attached hydrogens (tertiary/aromatic N) is 2. The van der Waals surface area contributed by atoms with Gasteiger partial charge in [0.15, 0.2) is 0 Å². The first-order valence-electron chi connectivity index (χ1n) is 10.3. The Balaban J connectivity index is 1.49. The second kappa shape index (κ2) is 9.91. The normalized spacial score (nSPS) is 13.3. The lowest BCUT2D eigenvalue weighted by Gasteiger charge is -2.21. The number of nitrogens with one attached hydrogen (secondary N) is 2. The summed E-state index contributed by atoms with van der Waals surface area (Å²) < 4.78 is 0. The third kappa shape index (κ3) is 5.17. The maximum atomic E-state index is 12.3. The summed E-state index contributed by atoms with van der Waals surface area (Å²) in [6, 6.07) is 14.6. The number of hydrogen-bond donors (Lipinski definition) is 2. The quantitative estimate of drug-likeness (QED) is 0.690. The molecule has 0 atom stereocenters. The standard InChI is InChI=1S/C23H28N4O3/c1-3-26(4-2)19-13-9-18(10-14-19)23(30)25-24-21(28)16-17-7-11-20(12-8-17)27-15-5-6-22(27)29/h7-14H,3-6,15-16H2,1-2H3,(H,24,28)(H,25,30). The summed E-state index contributed by atoms with van der Waals surface area (Å²) in [5.41, 5.74) is 8.09. The summed E-state index contributed by atoms with van der Waals surface area (Å²) in [6.45, 7) is 6.69. The first kappa shape index (κ1) is 21.4. The number of carbonyl (C=O) groups excluding carboxylic acids is 3. The molecule has 1 aliphatic heterocycles. The molecule has 3 amide bonds. The Morgan fingerprint density at radius 1 is 0.967 bits per heavy atom. The SMILES string of the molecule is CCN(CC)c1ccc(C(=O)NNC(=O)Cc2ccc(N3CCCC3=O)cc2)cc1. The predicted octanol–water partition coefficient (Wildman–Crippen LogP) is 2.66. The second-order valence-corrected chi connectivity index (χ2v) is 7.21. The third-order valence-electron chi connectivity index (χ3n) is 5.26. The molecule has 0 aromatic heterocycles. The van der Waals surface area contributed by atoms with Gasteiger partial charge in [-0.3, -0.25) is 25.2 Å². The maximum Gasteiger partial charge on any atom is 0.269 e. The van der Waals surface area contributed by atoms with Crippen molar-refractivity contribution < 1.29 is 14.4 Å². The Morgan fingerprint density at radius 3 is 2.20 bits per heavy atom. The molecule has 0 spiro atoms. The van der Waals surface area contributed by atoms with Crippen LogP contribution in [0.1, 0.15) is 42.6 Å². The van der Waals surface area contributed by atoms with Crippen molar-refractivity contribution in [1.29, 1.82) is 0 Å². The minimum atomic E-state index is -0.364. The lowest BCUT2D eigenvalue weighted by molar-refractivity contribution is -0.121. The molecule has 1 aliphatic rings. The van der Waals surface area contributed by atoms with Crippen molar-refractivity contribution in [2.24, 2.45) is 0 Å². The summed E-state index contributed by atoms with van der Waals surface area (Å²) in [5, 5.41) is 0. The topological polar surface area (TPSA) is 81.8 Å². The number of hydrogen-bond acceptors (Lipinski definition) is 4. The van der Waals surface area contributed by atoms with E-state index in [0.717, 1.165) is 43.0 Å². The molecule has 0 unspecified atom stereocenters. The van der Waals surface area contributed by atoms with Crippen molar-refractivity contribution in [3.05, 3.63) is 59.7 Å². The van der Waals surface area contributed by atoms with E-state index in [4.69, 9.17) is 0 Å². The summed E-state index contributed by atoms with van der Waals surface area (Å²) in [6.07, 6.45) is 1.60. The van der Waals surface area contributed by atoms with Crippen LogP contribution in [0, 0.1) is 0 Å². The van der Waals surface area contributed by atoms with Gasteiger partial charge in [0.05, 0.1) is 6.42 Å². The average Bonchev–Trinajstić information content (AvgIpc) is 3.20. The molecular formula is C23H28N4O3. The van der Waals surface area contributed by atoms with Gasteiger partial charge in [0, 0.05) is 43.0 Å². The number of anilines is 2. The van der Waals surface area contributed by atoms with Crippen molar-refractivity contribution >= 4 is 29.1 Å². The van der Waals surface area contributed by atoms with Gasteiger partial charge in [-0.1, -0.05) is 12.1 Å². The summed E-state index contributed by atoms with van der Waals surface area (Å²) in [5.74, 6) is -0.543. The van der Waals surface area contributed by atoms with Crippen molar-refractivity contribution in [3.8, 4) is 0 Å². The van der Waals surface area contributed by atoms with E-state index in [1.807, 2.05) is 36.4 Å². The van der Waals surface area contributed by atoms with Crippen LogP contribution in [0.25, 0.3) is 0 Å². The lowest BCUT2D eigenvalue weighted by atomic mass is 10.1. The van der Waals surface area contributed by atoms with Gasteiger partial charge >= 0.3 is 0 Å². The van der Waals surface area contributed by atoms with Gasteiger partial charge in [-0.2, -0.15) is 0 Å². The van der Waals surface area contributed by atoms with Crippen LogP contribution in [0.4, 0.5) is 11.4 Å². The maximum absolute atomic E-state index is 12.3. The Hall–Kier alpha value is -3.35. The van der Waals surface area contributed by atoms with E-state index in [1.54, 1.807) is 17.0 Å². The number of benzene rings is 2. The van der Waals surface area contributed by atoms with E-state index in [1.165, 1.54) is 0 Å². The Kier molecular flexibility index (Phi) is 7.06. The minimum Gasteiger partial charge on any atom is -0.372 e. The highest BCUT2D eigenvalue weighted by molar-refractivity contribution is 5.96. The average molecular weight is 409 g/mol. The molecule has 0 saturated carbocycles. The van der Waals surface area contributed by atoms with Gasteiger partial charge in [0.1, 0.15) is 0 Å². The van der Waals surface area contributed by atoms with Crippen molar-refractivity contribution in [1.82, 2.24) is 10.9 Å². The first-order valence-corrected chi connectivity index (χ1v) is 10.3. The number of hydrazine groups is 1. The monoisotopic (exact) mass is 408 g/mol. The molecule has 3 rings (SSSR count). The predicted molar refractivity (Wildman–Crippen MR) is 117 cm³/mol. The minimum absolute atomic E-state index is 0.133. The summed E-state index contributed by atoms with van der Waals surface area (Å²) >= 11 is 0. The van der Waals surface area contributed by atoms with Gasteiger partial charge < -0.3 is 9.80 Å². The van der Waals surface area contributed by atoms with Crippen molar-refractivity contribution in [3.63, 3.8) is 0 Å². The highest BCUT2D eigenvalue weighted by Gasteiger charge is 2.21. The second-order valence-electron chi connectivity index (χ2n) is 7.21. The van der Waals surface area contributed by atoms with E-state index in [0.29, 0.717) is 12.0 Å². The largest absolute Gasteiger partial charge is 0.372 e. The third-order valence-corrected chi connectivity index (χ3v) is 5.26. The van der Waals surface area contributed by atoms with Gasteiger partial charge in [0.2, 0.25) is 11.8 Å². The molecule has 0 radical (unpaired) electrons. The smallest absolute Gasteiger partial charge is 0.269 e.